The zero-order chi connectivity index (χ0) is 11.8. The van der Waals surface area contributed by atoms with E-state index < -0.39 is 5.60 Å². The van der Waals surface area contributed by atoms with Crippen LogP contribution in [0.15, 0.2) is 35.1 Å². The van der Waals surface area contributed by atoms with Gasteiger partial charge in [-0.1, -0.05) is 6.08 Å². The molecule has 1 atom stereocenters. The lowest BCUT2D eigenvalue weighted by atomic mass is 9.82. The summed E-state index contributed by atoms with van der Waals surface area (Å²) in [6, 6.07) is 0. The van der Waals surface area contributed by atoms with E-state index in [4.69, 9.17) is 4.74 Å². The van der Waals surface area contributed by atoms with Gasteiger partial charge in [-0.05, 0) is 32.4 Å². The number of nitrogens with one attached hydrogen (secondary N) is 1. The molecule has 1 heterocycles. The maximum Gasteiger partial charge on any atom is 0.331 e. The summed E-state index contributed by atoms with van der Waals surface area (Å²) in [4.78, 5) is 11.3. The van der Waals surface area contributed by atoms with E-state index in [2.05, 4.69) is 25.2 Å². The third kappa shape index (κ3) is 1.66. The van der Waals surface area contributed by atoms with E-state index in [1.807, 2.05) is 13.0 Å². The van der Waals surface area contributed by atoms with Gasteiger partial charge < -0.3 is 10.1 Å². The van der Waals surface area contributed by atoms with Crippen LogP contribution in [0.4, 0.5) is 0 Å². The van der Waals surface area contributed by atoms with E-state index in [0.717, 1.165) is 24.2 Å². The predicted molar refractivity (Wildman–Crippen MR) is 62.7 cm³/mol. The number of ether oxygens (including phenoxy) is 1. The fraction of sp³-hybridized carbons (Fsp3) is 0.462. The molecule has 1 N–H and O–H groups in total. The van der Waals surface area contributed by atoms with Crippen LogP contribution in [0.5, 0.6) is 0 Å². The second-order valence-electron chi connectivity index (χ2n) is 4.40. The molecule has 86 valence electrons. The van der Waals surface area contributed by atoms with Gasteiger partial charge in [0, 0.05) is 30.3 Å². The van der Waals surface area contributed by atoms with Crippen LogP contribution in [0.25, 0.3) is 0 Å². The first-order valence-corrected chi connectivity index (χ1v) is 5.63. The topological polar surface area (TPSA) is 38.3 Å². The summed E-state index contributed by atoms with van der Waals surface area (Å²) in [5, 5.41) is 3.34. The number of rotatable bonds is 2. The second kappa shape index (κ2) is 3.81. The van der Waals surface area contributed by atoms with E-state index in [1.165, 1.54) is 11.6 Å². The van der Waals surface area contributed by atoms with E-state index in [1.54, 1.807) is 0 Å². The van der Waals surface area contributed by atoms with Crippen LogP contribution in [-0.2, 0) is 9.53 Å². The highest BCUT2D eigenvalue weighted by atomic mass is 16.6. The minimum absolute atomic E-state index is 0.255. The Kier molecular flexibility index (Phi) is 2.62. The number of fused-ring (bicyclic) bond motifs is 1. The van der Waals surface area contributed by atoms with E-state index in [-0.39, 0.29) is 5.97 Å². The second-order valence-corrected chi connectivity index (χ2v) is 4.40. The van der Waals surface area contributed by atoms with E-state index in [0.29, 0.717) is 0 Å². The Hall–Kier alpha value is -1.51. The van der Waals surface area contributed by atoms with Crippen molar-refractivity contribution in [2.24, 2.45) is 0 Å². The largest absolute Gasteiger partial charge is 0.451 e. The molecule has 2 aliphatic rings. The molecule has 1 unspecified atom stereocenters. The van der Waals surface area contributed by atoms with Gasteiger partial charge in [0.1, 0.15) is 5.60 Å². The Labute approximate surface area is 95.9 Å². The third-order valence-corrected chi connectivity index (χ3v) is 3.10. The lowest BCUT2D eigenvalue weighted by Gasteiger charge is -2.37. The molecule has 2 rings (SSSR count). The summed E-state index contributed by atoms with van der Waals surface area (Å²) >= 11 is 0. The van der Waals surface area contributed by atoms with Crippen LogP contribution in [0.1, 0.15) is 27.2 Å². The van der Waals surface area contributed by atoms with Crippen molar-refractivity contribution in [1.29, 1.82) is 0 Å². The Morgan fingerprint density at radius 2 is 2.25 bits per heavy atom. The number of allylic oxidation sites excluding steroid dienone is 1. The Balaban J connectivity index is 2.49. The van der Waals surface area contributed by atoms with Crippen molar-refractivity contribution in [3.05, 3.63) is 35.1 Å². The molecule has 0 spiro atoms. The van der Waals surface area contributed by atoms with Crippen LogP contribution >= 0.6 is 0 Å². The predicted octanol–water partition coefficient (Wildman–Crippen LogP) is 2.07. The van der Waals surface area contributed by atoms with Gasteiger partial charge in [0.25, 0.3) is 0 Å². The summed E-state index contributed by atoms with van der Waals surface area (Å²) in [5.74, 6) is -0.255. The Morgan fingerprint density at radius 1 is 1.50 bits per heavy atom. The number of hydrogen-bond acceptors (Lipinski definition) is 3. The molecule has 3 heteroatoms. The first-order valence-electron chi connectivity index (χ1n) is 5.63. The van der Waals surface area contributed by atoms with Gasteiger partial charge in [0.05, 0.1) is 0 Å². The number of carbonyl (C=O) groups excluding carboxylic acids is 1. The molecule has 1 aliphatic carbocycles. The lowest BCUT2D eigenvalue weighted by Crippen LogP contribution is -2.39. The molecule has 0 bridgehead atoms. The van der Waals surface area contributed by atoms with Gasteiger partial charge in [-0.2, -0.15) is 0 Å². The molecule has 1 aliphatic heterocycles. The van der Waals surface area contributed by atoms with Gasteiger partial charge in [0.15, 0.2) is 0 Å². The molecule has 0 aromatic heterocycles. The molecule has 0 saturated heterocycles. The standard InChI is InChI=1S/C13H17NO2/c1-4-14-12-9(2)7-8-13(3)10(12)5-6-11(15)16-13/h5-7,14H,4,8H2,1-3H3. The quantitative estimate of drug-likeness (QED) is 0.722. The average Bonchev–Trinajstić information content (AvgIpc) is 2.23. The Bertz CT molecular complexity index is 418. The first kappa shape index (κ1) is 11.0. The molecule has 0 aromatic carbocycles. The van der Waals surface area contributed by atoms with Crippen LogP contribution in [0, 0.1) is 0 Å². The first-order chi connectivity index (χ1) is 7.57. The monoisotopic (exact) mass is 219 g/mol. The zero-order valence-electron chi connectivity index (χ0n) is 9.96. The van der Waals surface area contributed by atoms with Gasteiger partial charge in [0.2, 0.25) is 0 Å². The normalized spacial score (nSPS) is 28.4. The number of esters is 1. The molecule has 0 radical (unpaired) electrons. The highest BCUT2D eigenvalue weighted by Gasteiger charge is 2.38. The smallest absolute Gasteiger partial charge is 0.331 e. The van der Waals surface area contributed by atoms with Gasteiger partial charge in [-0.15, -0.1) is 0 Å². The van der Waals surface area contributed by atoms with E-state index >= 15 is 0 Å². The van der Waals surface area contributed by atoms with Crippen molar-refractivity contribution in [2.75, 3.05) is 6.54 Å². The molecule has 0 amide bonds. The Morgan fingerprint density at radius 3 is 2.94 bits per heavy atom. The molecule has 16 heavy (non-hydrogen) atoms. The molecular formula is C13H17NO2. The van der Waals surface area contributed by atoms with E-state index in [9.17, 15) is 4.79 Å². The molecular weight excluding hydrogens is 202 g/mol. The molecule has 0 saturated carbocycles. The summed E-state index contributed by atoms with van der Waals surface area (Å²) in [6.45, 7) is 6.96. The van der Waals surface area contributed by atoms with Crippen molar-refractivity contribution >= 4 is 5.97 Å². The van der Waals surface area contributed by atoms with Crippen molar-refractivity contribution in [2.45, 2.75) is 32.8 Å². The van der Waals surface area contributed by atoms with Crippen LogP contribution < -0.4 is 5.32 Å². The van der Waals surface area contributed by atoms with Crippen LogP contribution in [-0.4, -0.2) is 18.1 Å². The van der Waals surface area contributed by atoms with Crippen molar-refractivity contribution in [3.8, 4) is 0 Å². The van der Waals surface area contributed by atoms with Crippen molar-refractivity contribution in [3.63, 3.8) is 0 Å². The molecule has 3 nitrogen and oxygen atoms in total. The number of carbonyl (C=O) groups is 1. The van der Waals surface area contributed by atoms with Gasteiger partial charge in [-0.25, -0.2) is 4.79 Å². The number of hydrogen-bond donors (Lipinski definition) is 1. The highest BCUT2D eigenvalue weighted by Crippen LogP contribution is 2.37. The summed E-state index contributed by atoms with van der Waals surface area (Å²) in [7, 11) is 0. The minimum atomic E-state index is -0.497. The maximum atomic E-state index is 11.3. The zero-order valence-corrected chi connectivity index (χ0v) is 9.96. The molecule has 0 aromatic rings. The van der Waals surface area contributed by atoms with Gasteiger partial charge >= 0.3 is 5.97 Å². The minimum Gasteiger partial charge on any atom is -0.451 e. The lowest BCUT2D eigenvalue weighted by molar-refractivity contribution is -0.149. The highest BCUT2D eigenvalue weighted by molar-refractivity contribution is 5.85. The summed E-state index contributed by atoms with van der Waals surface area (Å²) < 4.78 is 5.43. The van der Waals surface area contributed by atoms with Crippen molar-refractivity contribution in [1.82, 2.24) is 5.32 Å². The fourth-order valence-corrected chi connectivity index (χ4v) is 2.21. The fourth-order valence-electron chi connectivity index (χ4n) is 2.21. The van der Waals surface area contributed by atoms with Gasteiger partial charge in [-0.3, -0.25) is 0 Å². The molecule has 0 fully saturated rings. The third-order valence-electron chi connectivity index (χ3n) is 3.10. The number of likely N-dealkylation sites (N-methyl/N-ethyl adjacent to an activating group) is 1. The van der Waals surface area contributed by atoms with Crippen LogP contribution in [0.3, 0.4) is 0 Å². The summed E-state index contributed by atoms with van der Waals surface area (Å²) in [5.41, 5.74) is 2.90. The summed E-state index contributed by atoms with van der Waals surface area (Å²) in [6.07, 6.45) is 6.24. The van der Waals surface area contributed by atoms with Crippen molar-refractivity contribution < 1.29 is 9.53 Å². The SMILES string of the molecule is CCNC1=C2C=CC(=O)OC2(C)CC=C1C. The maximum absolute atomic E-state index is 11.3. The average molecular weight is 219 g/mol. The van der Waals surface area contributed by atoms with Crippen LogP contribution in [0.2, 0.25) is 0 Å².